The van der Waals surface area contributed by atoms with Crippen molar-refractivity contribution < 1.29 is 19.4 Å². The van der Waals surface area contributed by atoms with E-state index in [-0.39, 0.29) is 6.54 Å². The number of hydrogen-bond donors (Lipinski definition) is 2. The second-order valence-electron chi connectivity index (χ2n) is 4.53. The SMILES string of the molecule is COc1cccc(Cl)c1CNC(=O)C(C)(C)C(=O)O. The maximum Gasteiger partial charge on any atom is 0.318 e. The molecule has 6 heteroatoms. The number of hydrogen-bond acceptors (Lipinski definition) is 3. The second-order valence-corrected chi connectivity index (χ2v) is 4.94. The lowest BCUT2D eigenvalue weighted by Gasteiger charge is -2.19. The topological polar surface area (TPSA) is 75.6 Å². The lowest BCUT2D eigenvalue weighted by Crippen LogP contribution is -2.42. The van der Waals surface area contributed by atoms with Crippen LogP contribution in [-0.4, -0.2) is 24.1 Å². The monoisotopic (exact) mass is 285 g/mol. The van der Waals surface area contributed by atoms with Gasteiger partial charge in [-0.3, -0.25) is 9.59 Å². The van der Waals surface area contributed by atoms with E-state index in [2.05, 4.69) is 5.32 Å². The predicted molar refractivity (Wildman–Crippen MR) is 71.3 cm³/mol. The highest BCUT2D eigenvalue weighted by atomic mass is 35.5. The molecule has 2 N–H and O–H groups in total. The molecule has 0 atom stereocenters. The number of halogens is 1. The fourth-order valence-corrected chi connectivity index (χ4v) is 1.62. The van der Waals surface area contributed by atoms with E-state index in [1.165, 1.54) is 21.0 Å². The molecule has 0 heterocycles. The zero-order valence-corrected chi connectivity index (χ0v) is 11.7. The summed E-state index contributed by atoms with van der Waals surface area (Å²) in [7, 11) is 1.50. The molecule has 1 amide bonds. The molecule has 0 aromatic heterocycles. The van der Waals surface area contributed by atoms with Crippen LogP contribution in [0.4, 0.5) is 0 Å². The van der Waals surface area contributed by atoms with Crippen LogP contribution in [0.2, 0.25) is 5.02 Å². The summed E-state index contributed by atoms with van der Waals surface area (Å²) in [5.41, 5.74) is -0.879. The number of aliphatic carboxylic acids is 1. The van der Waals surface area contributed by atoms with Gasteiger partial charge in [0.15, 0.2) is 0 Å². The zero-order valence-electron chi connectivity index (χ0n) is 11.0. The van der Waals surface area contributed by atoms with Gasteiger partial charge in [0, 0.05) is 17.1 Å². The number of carboxylic acids is 1. The van der Waals surface area contributed by atoms with Gasteiger partial charge in [-0.15, -0.1) is 0 Å². The number of carboxylic acid groups (broad SMARTS) is 1. The molecule has 19 heavy (non-hydrogen) atoms. The van der Waals surface area contributed by atoms with E-state index in [1.807, 2.05) is 0 Å². The van der Waals surface area contributed by atoms with E-state index >= 15 is 0 Å². The molecule has 5 nitrogen and oxygen atoms in total. The minimum atomic E-state index is -1.49. The average molecular weight is 286 g/mol. The van der Waals surface area contributed by atoms with Gasteiger partial charge in [0.25, 0.3) is 0 Å². The molecule has 0 aliphatic rings. The van der Waals surface area contributed by atoms with Crippen molar-refractivity contribution in [2.75, 3.05) is 7.11 Å². The first-order valence-corrected chi connectivity index (χ1v) is 6.01. The van der Waals surface area contributed by atoms with Crippen molar-refractivity contribution in [3.63, 3.8) is 0 Å². The van der Waals surface area contributed by atoms with Crippen molar-refractivity contribution in [3.05, 3.63) is 28.8 Å². The Hall–Kier alpha value is -1.75. The Kier molecular flexibility index (Phi) is 4.78. The zero-order chi connectivity index (χ0) is 14.6. The molecule has 0 bridgehead atoms. The molecular weight excluding hydrogens is 270 g/mol. The van der Waals surface area contributed by atoms with Gasteiger partial charge in [-0.05, 0) is 26.0 Å². The van der Waals surface area contributed by atoms with Gasteiger partial charge >= 0.3 is 5.97 Å². The Labute approximate surface area is 116 Å². The molecule has 0 aliphatic heterocycles. The molecule has 0 spiro atoms. The van der Waals surface area contributed by atoms with Crippen LogP contribution in [0, 0.1) is 5.41 Å². The average Bonchev–Trinajstić information content (AvgIpc) is 2.36. The van der Waals surface area contributed by atoms with E-state index in [4.69, 9.17) is 21.4 Å². The highest BCUT2D eigenvalue weighted by molar-refractivity contribution is 6.31. The number of amides is 1. The Balaban J connectivity index is 2.84. The molecule has 1 aromatic rings. The molecule has 104 valence electrons. The number of carbonyl (C=O) groups is 2. The minimum Gasteiger partial charge on any atom is -0.496 e. The van der Waals surface area contributed by atoms with E-state index < -0.39 is 17.3 Å². The third-order valence-corrected chi connectivity index (χ3v) is 3.18. The summed E-state index contributed by atoms with van der Waals surface area (Å²) in [4.78, 5) is 22.8. The summed E-state index contributed by atoms with van der Waals surface area (Å²) in [6.07, 6.45) is 0. The van der Waals surface area contributed by atoms with Crippen molar-refractivity contribution in [1.82, 2.24) is 5.32 Å². The standard InChI is InChI=1S/C13H16ClNO4/c1-13(2,12(17)18)11(16)15-7-8-9(14)5-4-6-10(8)19-3/h4-6H,7H2,1-3H3,(H,15,16)(H,17,18). The molecule has 0 unspecified atom stereocenters. The Bertz CT molecular complexity index is 499. The number of ether oxygens (including phenoxy) is 1. The minimum absolute atomic E-state index is 0.110. The van der Waals surface area contributed by atoms with Gasteiger partial charge in [0.2, 0.25) is 5.91 Å². The van der Waals surface area contributed by atoms with Crippen molar-refractivity contribution in [1.29, 1.82) is 0 Å². The van der Waals surface area contributed by atoms with Crippen molar-refractivity contribution in [2.24, 2.45) is 5.41 Å². The van der Waals surface area contributed by atoms with Crippen LogP contribution in [0.3, 0.4) is 0 Å². The first-order valence-electron chi connectivity index (χ1n) is 5.63. The first-order chi connectivity index (χ1) is 8.80. The molecular formula is C13H16ClNO4. The lowest BCUT2D eigenvalue weighted by atomic mass is 9.92. The van der Waals surface area contributed by atoms with E-state index in [9.17, 15) is 9.59 Å². The van der Waals surface area contributed by atoms with Gasteiger partial charge in [0.05, 0.1) is 7.11 Å². The fraction of sp³-hybridized carbons (Fsp3) is 0.385. The molecule has 0 saturated carbocycles. The van der Waals surface area contributed by atoms with Gasteiger partial charge in [-0.25, -0.2) is 0 Å². The van der Waals surface area contributed by atoms with Crippen molar-refractivity contribution >= 4 is 23.5 Å². The smallest absolute Gasteiger partial charge is 0.318 e. The summed E-state index contributed by atoms with van der Waals surface area (Å²) in [5.74, 6) is -1.22. The quantitative estimate of drug-likeness (QED) is 0.812. The molecule has 1 aromatic carbocycles. The number of nitrogens with one attached hydrogen (secondary N) is 1. The van der Waals surface area contributed by atoms with Crippen LogP contribution < -0.4 is 10.1 Å². The van der Waals surface area contributed by atoms with Crippen molar-refractivity contribution in [3.8, 4) is 5.75 Å². The Morgan fingerprint density at radius 1 is 1.42 bits per heavy atom. The van der Waals surface area contributed by atoms with Gasteiger partial charge in [-0.2, -0.15) is 0 Å². The Morgan fingerprint density at radius 2 is 2.05 bits per heavy atom. The number of carbonyl (C=O) groups excluding carboxylic acids is 1. The summed E-state index contributed by atoms with van der Waals surface area (Å²) in [5, 5.41) is 12.0. The van der Waals surface area contributed by atoms with Crippen LogP contribution in [0.25, 0.3) is 0 Å². The normalized spacial score (nSPS) is 10.9. The summed E-state index contributed by atoms with van der Waals surface area (Å²) < 4.78 is 5.14. The largest absolute Gasteiger partial charge is 0.496 e. The van der Waals surface area contributed by atoms with Crippen molar-refractivity contribution in [2.45, 2.75) is 20.4 Å². The third-order valence-electron chi connectivity index (χ3n) is 2.82. The van der Waals surface area contributed by atoms with Gasteiger partial charge in [-0.1, -0.05) is 17.7 Å². The van der Waals surface area contributed by atoms with Crippen LogP contribution in [0.15, 0.2) is 18.2 Å². The molecule has 0 saturated heterocycles. The summed E-state index contributed by atoms with van der Waals surface area (Å²) in [6, 6.07) is 5.12. The van der Waals surface area contributed by atoms with Crippen LogP contribution in [0.1, 0.15) is 19.4 Å². The number of benzene rings is 1. The maximum absolute atomic E-state index is 11.8. The van der Waals surface area contributed by atoms with Crippen LogP contribution >= 0.6 is 11.6 Å². The molecule has 0 fully saturated rings. The van der Waals surface area contributed by atoms with E-state index in [0.717, 1.165) is 0 Å². The maximum atomic E-state index is 11.8. The molecule has 1 rings (SSSR count). The second kappa shape index (κ2) is 5.93. The third kappa shape index (κ3) is 3.38. The fourth-order valence-electron chi connectivity index (χ4n) is 1.39. The number of methoxy groups -OCH3 is 1. The van der Waals surface area contributed by atoms with E-state index in [1.54, 1.807) is 18.2 Å². The summed E-state index contributed by atoms with van der Waals surface area (Å²) in [6.45, 7) is 2.79. The lowest BCUT2D eigenvalue weighted by molar-refractivity contribution is -0.153. The highest BCUT2D eigenvalue weighted by Gasteiger charge is 2.35. The molecule has 0 aliphatic carbocycles. The Morgan fingerprint density at radius 3 is 2.58 bits per heavy atom. The predicted octanol–water partition coefficient (Wildman–Crippen LogP) is 2.08. The highest BCUT2D eigenvalue weighted by Crippen LogP contribution is 2.26. The van der Waals surface area contributed by atoms with Crippen LogP contribution in [0.5, 0.6) is 5.75 Å². The first kappa shape index (κ1) is 15.3. The van der Waals surface area contributed by atoms with Gasteiger partial charge < -0.3 is 15.2 Å². The van der Waals surface area contributed by atoms with Gasteiger partial charge in [0.1, 0.15) is 11.2 Å². The summed E-state index contributed by atoms with van der Waals surface area (Å²) >= 11 is 6.02. The van der Waals surface area contributed by atoms with Crippen LogP contribution in [-0.2, 0) is 16.1 Å². The number of rotatable bonds is 5. The molecule has 0 radical (unpaired) electrons. The van der Waals surface area contributed by atoms with E-state index in [0.29, 0.717) is 16.3 Å².